The molecule has 5 rings (SSSR count). The number of fused-ring (bicyclic) bond motifs is 2. The summed E-state index contributed by atoms with van der Waals surface area (Å²) in [6.45, 7) is 8.19. The summed E-state index contributed by atoms with van der Waals surface area (Å²) in [5, 5.41) is 0. The molecule has 1 saturated carbocycles. The quantitative estimate of drug-likeness (QED) is 0.773. The van der Waals surface area contributed by atoms with Crippen molar-refractivity contribution in [3.8, 4) is 0 Å². The van der Waals surface area contributed by atoms with Crippen LogP contribution in [0.5, 0.6) is 0 Å². The summed E-state index contributed by atoms with van der Waals surface area (Å²) in [5.41, 5.74) is 4.80. The van der Waals surface area contributed by atoms with E-state index in [0.717, 1.165) is 37.9 Å². The highest BCUT2D eigenvalue weighted by Crippen LogP contribution is 2.59. The number of aromatic nitrogens is 2. The Kier molecular flexibility index (Phi) is 2.75. The van der Waals surface area contributed by atoms with E-state index in [1.807, 2.05) is 6.20 Å². The first-order valence-corrected chi connectivity index (χ1v) is 7.83. The molecule has 1 fully saturated rings. The van der Waals surface area contributed by atoms with Gasteiger partial charge >= 0.3 is 0 Å². The standard InChI is InChI=1S/C17H23N3/c1-17(2)14-4-3-13(15(17)7-14)9-20-6-5-12-8-18-11-19-16(12)10-20/h3,8,11,14-15H,4-7,9-10H2,1-2H3. The summed E-state index contributed by atoms with van der Waals surface area (Å²) < 4.78 is 0. The predicted molar refractivity (Wildman–Crippen MR) is 79.1 cm³/mol. The lowest BCUT2D eigenvalue weighted by Crippen LogP contribution is -2.50. The molecule has 2 atom stereocenters. The molecule has 2 unspecified atom stereocenters. The van der Waals surface area contributed by atoms with Gasteiger partial charge in [-0.3, -0.25) is 4.90 Å². The number of hydrogen-bond acceptors (Lipinski definition) is 3. The lowest BCUT2D eigenvalue weighted by molar-refractivity contribution is -0.0110. The van der Waals surface area contributed by atoms with Gasteiger partial charge in [0.05, 0.1) is 5.69 Å². The van der Waals surface area contributed by atoms with Gasteiger partial charge in [0.25, 0.3) is 0 Å². The second kappa shape index (κ2) is 4.39. The van der Waals surface area contributed by atoms with Crippen molar-refractivity contribution in [3.05, 3.63) is 35.4 Å². The first-order valence-electron chi connectivity index (χ1n) is 7.83. The summed E-state index contributed by atoms with van der Waals surface area (Å²) in [4.78, 5) is 11.1. The van der Waals surface area contributed by atoms with Gasteiger partial charge in [-0.25, -0.2) is 9.97 Å². The minimum absolute atomic E-state index is 0.542. The summed E-state index contributed by atoms with van der Waals surface area (Å²) in [7, 11) is 0. The van der Waals surface area contributed by atoms with Gasteiger partial charge in [0.1, 0.15) is 6.33 Å². The Hall–Kier alpha value is -1.22. The summed E-state index contributed by atoms with van der Waals surface area (Å²) in [5.74, 6) is 1.76. The fourth-order valence-corrected chi connectivity index (χ4v) is 4.35. The van der Waals surface area contributed by atoms with Crippen molar-refractivity contribution >= 4 is 0 Å². The third-order valence-corrected chi connectivity index (χ3v) is 5.94. The van der Waals surface area contributed by atoms with Crippen molar-refractivity contribution in [1.82, 2.24) is 14.9 Å². The van der Waals surface area contributed by atoms with Crippen LogP contribution in [0.1, 0.15) is 37.9 Å². The van der Waals surface area contributed by atoms with Crippen molar-refractivity contribution < 1.29 is 0 Å². The van der Waals surface area contributed by atoms with Gasteiger partial charge in [0.15, 0.2) is 0 Å². The van der Waals surface area contributed by atoms with E-state index in [0.29, 0.717) is 5.41 Å². The molecular formula is C17H23N3. The van der Waals surface area contributed by atoms with Crippen molar-refractivity contribution in [2.45, 2.75) is 39.7 Å². The van der Waals surface area contributed by atoms with Crippen molar-refractivity contribution in [2.75, 3.05) is 13.1 Å². The van der Waals surface area contributed by atoms with Crippen molar-refractivity contribution in [2.24, 2.45) is 17.3 Å². The Morgan fingerprint density at radius 1 is 1.40 bits per heavy atom. The van der Waals surface area contributed by atoms with E-state index in [1.165, 1.54) is 24.1 Å². The molecule has 0 amide bonds. The second-order valence-corrected chi connectivity index (χ2v) is 7.28. The number of hydrogen-bond donors (Lipinski definition) is 0. The molecule has 106 valence electrons. The van der Waals surface area contributed by atoms with Crippen LogP contribution in [0.3, 0.4) is 0 Å². The Bertz CT molecular complexity index is 561. The van der Waals surface area contributed by atoms with E-state index < -0.39 is 0 Å². The van der Waals surface area contributed by atoms with Gasteiger partial charge in [-0.1, -0.05) is 25.5 Å². The van der Waals surface area contributed by atoms with E-state index in [4.69, 9.17) is 0 Å². The zero-order valence-electron chi connectivity index (χ0n) is 12.5. The van der Waals surface area contributed by atoms with Crippen LogP contribution in [0.2, 0.25) is 0 Å². The van der Waals surface area contributed by atoms with Crippen LogP contribution >= 0.6 is 0 Å². The summed E-state index contributed by atoms with van der Waals surface area (Å²) in [6.07, 6.45) is 10.0. The minimum atomic E-state index is 0.542. The lowest BCUT2D eigenvalue weighted by Gasteiger charge is -2.57. The first-order chi connectivity index (χ1) is 9.64. The van der Waals surface area contributed by atoms with Gasteiger partial charge in [0.2, 0.25) is 0 Å². The van der Waals surface area contributed by atoms with Crippen molar-refractivity contribution in [3.63, 3.8) is 0 Å². The topological polar surface area (TPSA) is 29.0 Å². The zero-order valence-corrected chi connectivity index (χ0v) is 12.5. The van der Waals surface area contributed by atoms with Crippen LogP contribution in [0.15, 0.2) is 24.2 Å². The fourth-order valence-electron chi connectivity index (χ4n) is 4.35. The molecule has 1 aromatic heterocycles. The Morgan fingerprint density at radius 3 is 3.10 bits per heavy atom. The molecule has 0 radical (unpaired) electrons. The molecule has 2 heterocycles. The highest BCUT2D eigenvalue weighted by atomic mass is 15.1. The van der Waals surface area contributed by atoms with E-state index in [-0.39, 0.29) is 0 Å². The molecule has 1 aromatic rings. The molecule has 0 N–H and O–H groups in total. The third kappa shape index (κ3) is 1.83. The first kappa shape index (κ1) is 12.5. The zero-order chi connectivity index (χ0) is 13.7. The maximum absolute atomic E-state index is 4.45. The fraction of sp³-hybridized carbons (Fsp3) is 0.647. The number of nitrogens with zero attached hydrogens (tertiary/aromatic N) is 3. The van der Waals surface area contributed by atoms with E-state index >= 15 is 0 Å². The smallest absolute Gasteiger partial charge is 0.115 e. The molecular weight excluding hydrogens is 246 g/mol. The monoisotopic (exact) mass is 269 g/mol. The van der Waals surface area contributed by atoms with E-state index in [1.54, 1.807) is 11.9 Å². The number of rotatable bonds is 2. The van der Waals surface area contributed by atoms with Crippen LogP contribution in [-0.4, -0.2) is 28.0 Å². The predicted octanol–water partition coefficient (Wildman–Crippen LogP) is 2.83. The van der Waals surface area contributed by atoms with Crippen LogP contribution in [-0.2, 0) is 13.0 Å². The molecule has 0 aromatic carbocycles. The molecule has 1 aliphatic heterocycles. The van der Waals surface area contributed by atoms with Crippen molar-refractivity contribution in [1.29, 1.82) is 0 Å². The number of allylic oxidation sites excluding steroid dienone is 1. The molecule has 0 spiro atoms. The van der Waals surface area contributed by atoms with Crippen LogP contribution < -0.4 is 0 Å². The normalized spacial score (nSPS) is 31.2. The molecule has 20 heavy (non-hydrogen) atoms. The molecule has 3 aliphatic carbocycles. The highest BCUT2D eigenvalue weighted by Gasteiger charge is 2.51. The molecule has 3 heteroatoms. The molecule has 3 nitrogen and oxygen atoms in total. The Balaban J connectivity index is 1.48. The second-order valence-electron chi connectivity index (χ2n) is 7.28. The van der Waals surface area contributed by atoms with Gasteiger partial charge < -0.3 is 0 Å². The van der Waals surface area contributed by atoms with E-state index in [9.17, 15) is 0 Å². The minimum Gasteiger partial charge on any atom is -0.293 e. The Morgan fingerprint density at radius 2 is 2.30 bits per heavy atom. The highest BCUT2D eigenvalue weighted by molar-refractivity contribution is 5.26. The van der Waals surface area contributed by atoms with Crippen LogP contribution in [0.25, 0.3) is 0 Å². The summed E-state index contributed by atoms with van der Waals surface area (Å²) in [6, 6.07) is 0. The van der Waals surface area contributed by atoms with Gasteiger partial charge in [-0.15, -0.1) is 0 Å². The average Bonchev–Trinajstić information content (AvgIpc) is 2.47. The lowest BCUT2D eigenvalue weighted by atomic mass is 9.49. The average molecular weight is 269 g/mol. The SMILES string of the molecule is CC1(C)C2CC=C(CN3CCc4cncnc4C3)C1C2. The van der Waals surface area contributed by atoms with Gasteiger partial charge in [0, 0.05) is 25.8 Å². The maximum Gasteiger partial charge on any atom is 0.115 e. The maximum atomic E-state index is 4.45. The largest absolute Gasteiger partial charge is 0.293 e. The Labute approximate surface area is 121 Å². The van der Waals surface area contributed by atoms with Gasteiger partial charge in [-0.05, 0) is 42.1 Å². The third-order valence-electron chi connectivity index (χ3n) is 5.94. The molecule has 2 bridgehead atoms. The molecule has 0 saturated heterocycles. The van der Waals surface area contributed by atoms with Crippen LogP contribution in [0, 0.1) is 17.3 Å². The van der Waals surface area contributed by atoms with Gasteiger partial charge in [-0.2, -0.15) is 0 Å². The molecule has 4 aliphatic rings. The summed E-state index contributed by atoms with van der Waals surface area (Å²) >= 11 is 0. The van der Waals surface area contributed by atoms with Crippen LogP contribution in [0.4, 0.5) is 0 Å². The van der Waals surface area contributed by atoms with E-state index in [2.05, 4.69) is 34.8 Å².